The summed E-state index contributed by atoms with van der Waals surface area (Å²) in [5.74, 6) is -0.207. The van der Waals surface area contributed by atoms with Gasteiger partial charge < -0.3 is 9.52 Å². The standard InChI is InChI=1S/C25H15NO4S2/c27-23-22(14-18-11-12-21(30-18)16-7-3-8-17(13-16)24(28)29)32-25(31)26(23)20-10-4-6-15-5-1-2-9-19(15)20/h1-14H,(H,28,29). The average Bonchev–Trinajstić information content (AvgIpc) is 3.38. The number of anilines is 1. The number of carbonyl (C=O) groups is 2. The number of rotatable bonds is 4. The first kappa shape index (κ1) is 20.2. The SMILES string of the molecule is O=C(O)c1cccc(-c2ccc(C=C3SC(=S)N(c4cccc5ccccc45)C3=O)o2)c1. The highest BCUT2D eigenvalue weighted by Crippen LogP contribution is 2.39. The second kappa shape index (κ2) is 8.11. The Balaban J connectivity index is 1.46. The highest BCUT2D eigenvalue weighted by molar-refractivity contribution is 8.27. The summed E-state index contributed by atoms with van der Waals surface area (Å²) in [5.41, 5.74) is 1.57. The van der Waals surface area contributed by atoms with Crippen molar-refractivity contribution in [1.82, 2.24) is 0 Å². The van der Waals surface area contributed by atoms with Crippen LogP contribution in [0.2, 0.25) is 0 Å². The first-order valence-corrected chi connectivity index (χ1v) is 10.9. The van der Waals surface area contributed by atoms with Crippen molar-refractivity contribution in [2.45, 2.75) is 0 Å². The molecule has 1 saturated heterocycles. The molecular weight excluding hydrogens is 442 g/mol. The zero-order valence-corrected chi connectivity index (χ0v) is 18.2. The van der Waals surface area contributed by atoms with Gasteiger partial charge in [0.15, 0.2) is 4.32 Å². The maximum Gasteiger partial charge on any atom is 0.335 e. The fourth-order valence-electron chi connectivity index (χ4n) is 3.60. The highest BCUT2D eigenvalue weighted by atomic mass is 32.2. The van der Waals surface area contributed by atoms with E-state index in [0.29, 0.717) is 26.3 Å². The van der Waals surface area contributed by atoms with Crippen molar-refractivity contribution in [3.63, 3.8) is 0 Å². The third-order valence-electron chi connectivity index (χ3n) is 5.10. The third kappa shape index (κ3) is 3.62. The molecule has 1 fully saturated rings. The molecule has 2 heterocycles. The molecule has 4 aromatic rings. The summed E-state index contributed by atoms with van der Waals surface area (Å²) >= 11 is 6.74. The van der Waals surface area contributed by atoms with Crippen molar-refractivity contribution in [1.29, 1.82) is 0 Å². The monoisotopic (exact) mass is 457 g/mol. The van der Waals surface area contributed by atoms with Gasteiger partial charge in [-0.05, 0) is 35.7 Å². The van der Waals surface area contributed by atoms with Gasteiger partial charge in [-0.2, -0.15) is 0 Å². The number of thioether (sulfide) groups is 1. The Labute approximate surface area is 193 Å². The van der Waals surface area contributed by atoms with Gasteiger partial charge >= 0.3 is 5.97 Å². The third-order valence-corrected chi connectivity index (χ3v) is 6.40. The summed E-state index contributed by atoms with van der Waals surface area (Å²) in [6, 6.07) is 23.6. The maximum atomic E-state index is 13.2. The van der Waals surface area contributed by atoms with E-state index in [-0.39, 0.29) is 11.5 Å². The van der Waals surface area contributed by atoms with Crippen LogP contribution in [0.15, 0.2) is 88.2 Å². The van der Waals surface area contributed by atoms with Crippen LogP contribution in [0.25, 0.3) is 28.2 Å². The van der Waals surface area contributed by atoms with Gasteiger partial charge in [0.25, 0.3) is 5.91 Å². The summed E-state index contributed by atoms with van der Waals surface area (Å²) in [7, 11) is 0. The summed E-state index contributed by atoms with van der Waals surface area (Å²) in [6.45, 7) is 0. The zero-order valence-electron chi connectivity index (χ0n) is 16.5. The normalized spacial score (nSPS) is 15.1. The molecule has 1 aromatic heterocycles. The van der Waals surface area contributed by atoms with Crippen molar-refractivity contribution in [3.05, 3.63) is 95.1 Å². The molecule has 0 aliphatic carbocycles. The van der Waals surface area contributed by atoms with E-state index in [2.05, 4.69) is 0 Å². The molecule has 5 rings (SSSR count). The van der Waals surface area contributed by atoms with E-state index in [1.807, 2.05) is 42.5 Å². The molecule has 1 N–H and O–H groups in total. The van der Waals surface area contributed by atoms with Gasteiger partial charge in [0.2, 0.25) is 0 Å². The molecular formula is C25H15NO4S2. The number of carboxylic acids is 1. The lowest BCUT2D eigenvalue weighted by Gasteiger charge is -2.17. The molecule has 0 radical (unpaired) electrons. The smallest absolute Gasteiger partial charge is 0.335 e. The molecule has 1 amide bonds. The van der Waals surface area contributed by atoms with Crippen LogP contribution in [0.4, 0.5) is 5.69 Å². The molecule has 5 nitrogen and oxygen atoms in total. The van der Waals surface area contributed by atoms with E-state index >= 15 is 0 Å². The predicted octanol–water partition coefficient (Wildman–Crippen LogP) is 6.20. The van der Waals surface area contributed by atoms with Crippen LogP contribution in [0, 0.1) is 0 Å². The minimum absolute atomic E-state index is 0.177. The minimum atomic E-state index is -1.00. The van der Waals surface area contributed by atoms with Crippen LogP contribution in [0.3, 0.4) is 0 Å². The lowest BCUT2D eigenvalue weighted by atomic mass is 10.1. The first-order valence-electron chi connectivity index (χ1n) is 9.70. The number of carboxylic acid groups (broad SMARTS) is 1. The molecule has 3 aromatic carbocycles. The number of benzene rings is 3. The minimum Gasteiger partial charge on any atom is -0.478 e. The summed E-state index contributed by atoms with van der Waals surface area (Å²) in [4.78, 5) is 26.4. The van der Waals surface area contributed by atoms with E-state index in [9.17, 15) is 14.7 Å². The van der Waals surface area contributed by atoms with E-state index in [1.54, 1.807) is 41.3 Å². The number of amides is 1. The topological polar surface area (TPSA) is 70.8 Å². The van der Waals surface area contributed by atoms with Crippen LogP contribution in [-0.4, -0.2) is 21.3 Å². The molecule has 1 aliphatic rings. The predicted molar refractivity (Wildman–Crippen MR) is 131 cm³/mol. The molecule has 32 heavy (non-hydrogen) atoms. The van der Waals surface area contributed by atoms with Crippen LogP contribution >= 0.6 is 24.0 Å². The quantitative estimate of drug-likeness (QED) is 0.290. The van der Waals surface area contributed by atoms with Gasteiger partial charge in [0, 0.05) is 17.0 Å². The average molecular weight is 458 g/mol. The number of hydrogen-bond acceptors (Lipinski definition) is 5. The van der Waals surface area contributed by atoms with Crippen LogP contribution in [0.1, 0.15) is 16.1 Å². The number of furan rings is 1. The molecule has 0 bridgehead atoms. The van der Waals surface area contributed by atoms with Crippen LogP contribution < -0.4 is 4.90 Å². The molecule has 156 valence electrons. The number of carbonyl (C=O) groups excluding carboxylic acids is 1. The first-order chi connectivity index (χ1) is 15.5. The van der Waals surface area contributed by atoms with E-state index in [1.165, 1.54) is 17.8 Å². The van der Waals surface area contributed by atoms with Gasteiger partial charge in [-0.15, -0.1) is 0 Å². The zero-order chi connectivity index (χ0) is 22.2. The number of hydrogen-bond donors (Lipinski definition) is 1. The van der Waals surface area contributed by atoms with Gasteiger partial charge in [-0.25, -0.2) is 4.79 Å². The Kier molecular flexibility index (Phi) is 5.13. The van der Waals surface area contributed by atoms with Crippen molar-refractivity contribution < 1.29 is 19.1 Å². The Morgan fingerprint density at radius 2 is 1.78 bits per heavy atom. The molecule has 0 unspecified atom stereocenters. The van der Waals surface area contributed by atoms with Crippen molar-refractivity contribution in [2.24, 2.45) is 0 Å². The maximum absolute atomic E-state index is 13.2. The van der Waals surface area contributed by atoms with Crippen molar-refractivity contribution >= 4 is 62.7 Å². The lowest BCUT2D eigenvalue weighted by molar-refractivity contribution is -0.113. The highest BCUT2D eigenvalue weighted by Gasteiger charge is 2.34. The van der Waals surface area contributed by atoms with Gasteiger partial charge in [0.05, 0.1) is 16.2 Å². The Hall–Kier alpha value is -3.68. The Morgan fingerprint density at radius 1 is 1.00 bits per heavy atom. The number of fused-ring (bicyclic) bond motifs is 1. The second-order valence-corrected chi connectivity index (χ2v) is 8.78. The number of aromatic carboxylic acids is 1. The summed E-state index contributed by atoms with van der Waals surface area (Å²) in [6.07, 6.45) is 1.66. The second-order valence-electron chi connectivity index (χ2n) is 7.10. The molecule has 7 heteroatoms. The van der Waals surface area contributed by atoms with E-state index in [0.717, 1.165) is 16.5 Å². The number of thiocarbonyl (C=S) groups is 1. The van der Waals surface area contributed by atoms with Gasteiger partial charge in [0.1, 0.15) is 11.5 Å². The van der Waals surface area contributed by atoms with Crippen LogP contribution in [-0.2, 0) is 4.79 Å². The molecule has 1 aliphatic heterocycles. The van der Waals surface area contributed by atoms with Gasteiger partial charge in [-0.3, -0.25) is 9.69 Å². The van der Waals surface area contributed by atoms with E-state index in [4.69, 9.17) is 16.6 Å². The van der Waals surface area contributed by atoms with E-state index < -0.39 is 5.97 Å². The van der Waals surface area contributed by atoms with Crippen LogP contribution in [0.5, 0.6) is 0 Å². The molecule has 0 atom stereocenters. The fraction of sp³-hybridized carbons (Fsp3) is 0. The van der Waals surface area contributed by atoms with Crippen molar-refractivity contribution in [3.8, 4) is 11.3 Å². The fourth-order valence-corrected chi connectivity index (χ4v) is 4.86. The van der Waals surface area contributed by atoms with Gasteiger partial charge in [-0.1, -0.05) is 72.5 Å². The number of nitrogens with zero attached hydrogens (tertiary/aromatic N) is 1. The summed E-state index contributed by atoms with van der Waals surface area (Å²) < 4.78 is 6.32. The Morgan fingerprint density at radius 3 is 2.62 bits per heavy atom. The Bertz CT molecular complexity index is 1430. The lowest BCUT2D eigenvalue weighted by Crippen LogP contribution is -2.27. The largest absolute Gasteiger partial charge is 0.478 e. The summed E-state index contributed by atoms with van der Waals surface area (Å²) in [5, 5.41) is 11.2. The van der Waals surface area contributed by atoms with Crippen molar-refractivity contribution in [2.75, 3.05) is 4.90 Å². The molecule has 0 saturated carbocycles. The molecule has 0 spiro atoms.